The predicted octanol–water partition coefficient (Wildman–Crippen LogP) is 2.17. The maximum absolute atomic E-state index is 9.52. The van der Waals surface area contributed by atoms with Crippen molar-refractivity contribution in [2.24, 2.45) is 0 Å². The first-order chi connectivity index (χ1) is 9.84. The van der Waals surface area contributed by atoms with Crippen LogP contribution in [0.15, 0.2) is 60.7 Å². The highest BCUT2D eigenvalue weighted by Gasteiger charge is 2.32. The summed E-state index contributed by atoms with van der Waals surface area (Å²) in [6, 6.07) is 21.2. The van der Waals surface area contributed by atoms with Crippen molar-refractivity contribution >= 4 is 12.6 Å². The summed E-state index contributed by atoms with van der Waals surface area (Å²) in [5.41, 5.74) is 2.58. The second-order valence-electron chi connectivity index (χ2n) is 4.83. The van der Waals surface area contributed by atoms with E-state index in [0.717, 1.165) is 13.1 Å². The molecule has 3 N–H and O–H groups in total. The number of likely N-dealkylation sites (tertiary alicyclic amines) is 1. The second-order valence-corrected chi connectivity index (χ2v) is 4.83. The largest absolute Gasteiger partial charge is 0.412 e. The molecule has 0 saturated carbocycles. The summed E-state index contributed by atoms with van der Waals surface area (Å²) in [5.74, 6) is 0. The van der Waals surface area contributed by atoms with Gasteiger partial charge in [-0.2, -0.15) is 12.6 Å². The molecule has 114 valence electrons. The van der Waals surface area contributed by atoms with Crippen molar-refractivity contribution in [3.8, 4) is 0 Å². The summed E-state index contributed by atoms with van der Waals surface area (Å²) in [4.78, 5) is 2.31. The third kappa shape index (κ3) is 4.32. The van der Waals surface area contributed by atoms with Crippen LogP contribution in [0.25, 0.3) is 0 Å². The van der Waals surface area contributed by atoms with E-state index in [0.29, 0.717) is 0 Å². The molecule has 0 unspecified atom stereocenters. The van der Waals surface area contributed by atoms with E-state index in [9.17, 15) is 5.11 Å². The Morgan fingerprint density at radius 3 is 1.62 bits per heavy atom. The molecule has 2 aromatic rings. The number of hydrogen-bond acceptors (Lipinski definition) is 3. The van der Waals surface area contributed by atoms with Crippen molar-refractivity contribution in [1.29, 1.82) is 0 Å². The van der Waals surface area contributed by atoms with E-state index in [1.54, 1.807) is 6.26 Å². The molecule has 1 aliphatic rings. The maximum Gasteiger partial charge on any atom is 0.0794 e. The first-order valence-electron chi connectivity index (χ1n) is 6.81. The quantitative estimate of drug-likeness (QED) is 0.854. The van der Waals surface area contributed by atoms with E-state index in [4.69, 9.17) is 0 Å². The molecule has 0 aromatic heterocycles. The molecule has 21 heavy (non-hydrogen) atoms. The van der Waals surface area contributed by atoms with Gasteiger partial charge in [0.25, 0.3) is 0 Å². The first kappa shape index (κ1) is 17.7. The number of hydrogen-bond donors (Lipinski definition) is 2. The van der Waals surface area contributed by atoms with Gasteiger partial charge in [0.1, 0.15) is 0 Å². The second kappa shape index (κ2) is 8.85. The Morgan fingerprint density at radius 1 is 0.905 bits per heavy atom. The zero-order chi connectivity index (χ0) is 14.4. The molecule has 3 rings (SSSR count). The Morgan fingerprint density at radius 2 is 1.29 bits per heavy atom. The average Bonchev–Trinajstić information content (AvgIpc) is 2.50. The summed E-state index contributed by atoms with van der Waals surface area (Å²) in [5, 5.41) is 9.52. The lowest BCUT2D eigenvalue weighted by Crippen LogP contribution is -2.52. The fraction of sp³-hybridized carbons (Fsp3) is 0.294. The van der Waals surface area contributed by atoms with E-state index >= 15 is 0 Å². The van der Waals surface area contributed by atoms with Gasteiger partial charge in [0.05, 0.1) is 12.1 Å². The SMILES string of the molecule is CS.O.OC1CN(C(c2ccccc2)c2ccccc2)C1. The van der Waals surface area contributed by atoms with Gasteiger partial charge < -0.3 is 10.6 Å². The van der Waals surface area contributed by atoms with Crippen molar-refractivity contribution in [2.75, 3.05) is 19.3 Å². The number of thiol groups is 1. The molecule has 0 bridgehead atoms. The standard InChI is InChI=1S/C16H17NO.CH4S.H2O/c18-15-11-17(12-15)16(13-7-3-1-4-8-13)14-9-5-2-6-10-14;1-2;/h1-10,15-16,18H,11-12H2;2H,1H3;1H2. The van der Waals surface area contributed by atoms with Gasteiger partial charge in [-0.05, 0) is 17.4 Å². The van der Waals surface area contributed by atoms with E-state index in [1.807, 2.05) is 12.1 Å². The van der Waals surface area contributed by atoms with Crippen LogP contribution < -0.4 is 0 Å². The van der Waals surface area contributed by atoms with Crippen LogP contribution in [0.4, 0.5) is 0 Å². The van der Waals surface area contributed by atoms with Gasteiger partial charge in [-0.1, -0.05) is 60.7 Å². The third-order valence-corrected chi connectivity index (χ3v) is 3.49. The number of aliphatic hydroxyl groups excluding tert-OH is 1. The van der Waals surface area contributed by atoms with Crippen LogP contribution in [-0.4, -0.2) is 40.9 Å². The molecular weight excluding hydrogens is 282 g/mol. The Labute approximate surface area is 132 Å². The third-order valence-electron chi connectivity index (χ3n) is 3.49. The normalized spacial score (nSPS) is 14.7. The fourth-order valence-electron chi connectivity index (χ4n) is 2.58. The molecule has 1 fully saturated rings. The van der Waals surface area contributed by atoms with Crippen molar-refractivity contribution in [3.05, 3.63) is 71.8 Å². The van der Waals surface area contributed by atoms with Crippen LogP contribution >= 0.6 is 12.6 Å². The van der Waals surface area contributed by atoms with Crippen LogP contribution in [0.2, 0.25) is 0 Å². The number of rotatable bonds is 3. The lowest BCUT2D eigenvalue weighted by molar-refractivity contribution is -0.0160. The zero-order valence-electron chi connectivity index (χ0n) is 12.2. The van der Waals surface area contributed by atoms with Crippen LogP contribution in [0.1, 0.15) is 17.2 Å². The highest BCUT2D eigenvalue weighted by molar-refractivity contribution is 7.79. The molecule has 0 aliphatic carbocycles. The van der Waals surface area contributed by atoms with Crippen LogP contribution in [0.3, 0.4) is 0 Å². The monoisotopic (exact) mass is 305 g/mol. The Hall–Kier alpha value is -1.33. The lowest BCUT2D eigenvalue weighted by Gasteiger charge is -2.42. The molecule has 1 saturated heterocycles. The average molecular weight is 305 g/mol. The van der Waals surface area contributed by atoms with E-state index in [1.165, 1.54) is 11.1 Å². The fourth-order valence-corrected chi connectivity index (χ4v) is 2.58. The zero-order valence-corrected chi connectivity index (χ0v) is 13.1. The highest BCUT2D eigenvalue weighted by atomic mass is 32.1. The molecule has 1 heterocycles. The van der Waals surface area contributed by atoms with Crippen molar-refractivity contribution in [3.63, 3.8) is 0 Å². The van der Waals surface area contributed by atoms with Gasteiger partial charge in [0.2, 0.25) is 0 Å². The van der Waals surface area contributed by atoms with Crippen LogP contribution in [0.5, 0.6) is 0 Å². The molecule has 3 nitrogen and oxygen atoms in total. The molecule has 0 atom stereocenters. The Balaban J connectivity index is 0.000000706. The topological polar surface area (TPSA) is 55.0 Å². The van der Waals surface area contributed by atoms with Crippen LogP contribution in [-0.2, 0) is 0 Å². The molecule has 0 radical (unpaired) electrons. The van der Waals surface area contributed by atoms with E-state index in [2.05, 4.69) is 66.1 Å². The number of β-amino-alcohol motifs (C(OH)–C–C–N with tert-alkyl or cyclic N) is 1. The number of nitrogens with zero attached hydrogens (tertiary/aromatic N) is 1. The Bertz CT molecular complexity index is 461. The summed E-state index contributed by atoms with van der Waals surface area (Å²) in [6.45, 7) is 1.52. The molecule has 0 spiro atoms. The van der Waals surface area contributed by atoms with Gasteiger partial charge in [-0.3, -0.25) is 4.90 Å². The van der Waals surface area contributed by atoms with Gasteiger partial charge in [0.15, 0.2) is 0 Å². The first-order valence-corrected chi connectivity index (χ1v) is 7.71. The van der Waals surface area contributed by atoms with Crippen molar-refractivity contribution < 1.29 is 10.6 Å². The summed E-state index contributed by atoms with van der Waals surface area (Å²) >= 11 is 3.53. The summed E-state index contributed by atoms with van der Waals surface area (Å²) in [6.07, 6.45) is 1.53. The smallest absolute Gasteiger partial charge is 0.0794 e. The highest BCUT2D eigenvalue weighted by Crippen LogP contribution is 2.31. The van der Waals surface area contributed by atoms with Gasteiger partial charge in [-0.25, -0.2) is 0 Å². The van der Waals surface area contributed by atoms with Gasteiger partial charge in [0, 0.05) is 13.1 Å². The van der Waals surface area contributed by atoms with E-state index < -0.39 is 0 Å². The predicted molar refractivity (Wildman–Crippen MR) is 90.8 cm³/mol. The molecule has 0 amide bonds. The Kier molecular flexibility index (Phi) is 7.47. The maximum atomic E-state index is 9.52. The van der Waals surface area contributed by atoms with Crippen molar-refractivity contribution in [1.82, 2.24) is 4.90 Å². The summed E-state index contributed by atoms with van der Waals surface area (Å²) < 4.78 is 0. The number of benzene rings is 2. The van der Waals surface area contributed by atoms with E-state index in [-0.39, 0.29) is 17.6 Å². The number of aliphatic hydroxyl groups is 1. The van der Waals surface area contributed by atoms with Gasteiger partial charge >= 0.3 is 0 Å². The molecule has 2 aromatic carbocycles. The minimum Gasteiger partial charge on any atom is -0.412 e. The minimum absolute atomic E-state index is 0. The van der Waals surface area contributed by atoms with Crippen LogP contribution in [0, 0.1) is 0 Å². The molecule has 1 aliphatic heterocycles. The lowest BCUT2D eigenvalue weighted by atomic mass is 9.94. The molecule has 4 heteroatoms. The molecular formula is C17H23NO2S. The summed E-state index contributed by atoms with van der Waals surface area (Å²) in [7, 11) is 0. The minimum atomic E-state index is -0.167. The van der Waals surface area contributed by atoms with Gasteiger partial charge in [-0.15, -0.1) is 0 Å². The van der Waals surface area contributed by atoms with Crippen molar-refractivity contribution in [2.45, 2.75) is 12.1 Å².